The number of anilines is 1. The van der Waals surface area contributed by atoms with E-state index in [2.05, 4.69) is 21.6 Å². The standard InChI is InChI=1S/C20H19N5OS/c1-3-25-19(17-10-5-4-7-14(17)2)23-24-20(25)27-13-18(26)22-16-9-6-8-15(11-16)12-21/h4-11H,3,13H2,1-2H3,(H,22,26). The SMILES string of the molecule is CCn1c(SCC(=O)Nc2cccc(C#N)c2)nnc1-c1ccccc1C. The lowest BCUT2D eigenvalue weighted by atomic mass is 10.1. The molecule has 136 valence electrons. The summed E-state index contributed by atoms with van der Waals surface area (Å²) in [4.78, 5) is 12.2. The van der Waals surface area contributed by atoms with Crippen molar-refractivity contribution in [1.82, 2.24) is 14.8 Å². The largest absolute Gasteiger partial charge is 0.325 e. The summed E-state index contributed by atoms with van der Waals surface area (Å²) in [6, 6.07) is 16.9. The Labute approximate surface area is 162 Å². The Bertz CT molecular complexity index is 1010. The summed E-state index contributed by atoms with van der Waals surface area (Å²) in [5.41, 5.74) is 3.29. The molecule has 0 radical (unpaired) electrons. The highest BCUT2D eigenvalue weighted by molar-refractivity contribution is 7.99. The molecule has 7 heteroatoms. The molecule has 1 aromatic heterocycles. The quantitative estimate of drug-likeness (QED) is 0.659. The van der Waals surface area contributed by atoms with E-state index in [4.69, 9.17) is 5.26 Å². The minimum atomic E-state index is -0.154. The molecule has 0 aliphatic carbocycles. The zero-order chi connectivity index (χ0) is 19.2. The van der Waals surface area contributed by atoms with Gasteiger partial charge in [-0.1, -0.05) is 42.1 Å². The number of aromatic nitrogens is 3. The van der Waals surface area contributed by atoms with E-state index >= 15 is 0 Å². The fourth-order valence-corrected chi connectivity index (χ4v) is 3.50. The highest BCUT2D eigenvalue weighted by atomic mass is 32.2. The predicted octanol–water partition coefficient (Wildman–Crippen LogP) is 3.88. The zero-order valence-electron chi connectivity index (χ0n) is 15.1. The van der Waals surface area contributed by atoms with Gasteiger partial charge in [-0.15, -0.1) is 10.2 Å². The van der Waals surface area contributed by atoms with E-state index in [1.807, 2.05) is 42.7 Å². The van der Waals surface area contributed by atoms with Gasteiger partial charge in [0.15, 0.2) is 11.0 Å². The number of benzene rings is 2. The van der Waals surface area contributed by atoms with Crippen LogP contribution in [0.4, 0.5) is 5.69 Å². The van der Waals surface area contributed by atoms with Crippen molar-refractivity contribution < 1.29 is 4.79 Å². The van der Waals surface area contributed by atoms with Crippen LogP contribution in [0, 0.1) is 18.3 Å². The van der Waals surface area contributed by atoms with E-state index in [1.165, 1.54) is 11.8 Å². The summed E-state index contributed by atoms with van der Waals surface area (Å²) < 4.78 is 2.01. The molecule has 6 nitrogen and oxygen atoms in total. The number of amides is 1. The molecule has 1 heterocycles. The first-order valence-electron chi connectivity index (χ1n) is 8.54. The highest BCUT2D eigenvalue weighted by Crippen LogP contribution is 2.26. The second-order valence-corrected chi connectivity index (χ2v) is 6.84. The van der Waals surface area contributed by atoms with Gasteiger partial charge in [0, 0.05) is 17.8 Å². The van der Waals surface area contributed by atoms with E-state index in [1.54, 1.807) is 24.3 Å². The smallest absolute Gasteiger partial charge is 0.234 e. The molecule has 0 saturated carbocycles. The Kier molecular flexibility index (Phi) is 5.89. The van der Waals surface area contributed by atoms with Gasteiger partial charge in [0.25, 0.3) is 0 Å². The molecule has 0 spiro atoms. The van der Waals surface area contributed by atoms with Crippen molar-refractivity contribution in [1.29, 1.82) is 5.26 Å². The van der Waals surface area contributed by atoms with Crippen molar-refractivity contribution in [2.24, 2.45) is 0 Å². The lowest BCUT2D eigenvalue weighted by Crippen LogP contribution is -2.14. The Morgan fingerprint density at radius 3 is 2.78 bits per heavy atom. The van der Waals surface area contributed by atoms with Gasteiger partial charge in [-0.3, -0.25) is 4.79 Å². The maximum absolute atomic E-state index is 12.2. The minimum Gasteiger partial charge on any atom is -0.325 e. The third kappa shape index (κ3) is 4.36. The van der Waals surface area contributed by atoms with Gasteiger partial charge >= 0.3 is 0 Å². The molecule has 1 N–H and O–H groups in total. The molecule has 3 rings (SSSR count). The van der Waals surface area contributed by atoms with Crippen LogP contribution < -0.4 is 5.32 Å². The van der Waals surface area contributed by atoms with E-state index in [9.17, 15) is 4.79 Å². The maximum Gasteiger partial charge on any atom is 0.234 e. The number of aryl methyl sites for hydroxylation is 1. The van der Waals surface area contributed by atoms with Crippen LogP contribution in [0.15, 0.2) is 53.7 Å². The summed E-state index contributed by atoms with van der Waals surface area (Å²) in [6.07, 6.45) is 0. The van der Waals surface area contributed by atoms with Crippen LogP contribution in [-0.2, 0) is 11.3 Å². The first kappa shape index (κ1) is 18.7. The molecule has 3 aromatic rings. The van der Waals surface area contributed by atoms with Crippen LogP contribution in [0.2, 0.25) is 0 Å². The molecular weight excluding hydrogens is 358 g/mol. The Balaban J connectivity index is 1.70. The lowest BCUT2D eigenvalue weighted by molar-refractivity contribution is -0.113. The van der Waals surface area contributed by atoms with E-state index < -0.39 is 0 Å². The molecule has 1 amide bonds. The first-order chi connectivity index (χ1) is 13.1. The van der Waals surface area contributed by atoms with Gasteiger partial charge in [-0.2, -0.15) is 5.26 Å². The molecule has 27 heavy (non-hydrogen) atoms. The average molecular weight is 377 g/mol. The fourth-order valence-electron chi connectivity index (χ4n) is 2.70. The molecule has 0 unspecified atom stereocenters. The van der Waals surface area contributed by atoms with E-state index in [-0.39, 0.29) is 11.7 Å². The Morgan fingerprint density at radius 2 is 2.04 bits per heavy atom. The van der Waals surface area contributed by atoms with Crippen LogP contribution in [-0.4, -0.2) is 26.4 Å². The summed E-state index contributed by atoms with van der Waals surface area (Å²) >= 11 is 1.34. The number of hydrogen-bond donors (Lipinski definition) is 1. The van der Waals surface area contributed by atoms with Gasteiger partial charge in [0.1, 0.15) is 0 Å². The van der Waals surface area contributed by atoms with Crippen molar-refractivity contribution in [3.63, 3.8) is 0 Å². The topological polar surface area (TPSA) is 83.6 Å². The van der Waals surface area contributed by atoms with Crippen molar-refractivity contribution >= 4 is 23.4 Å². The molecule has 0 aliphatic rings. The molecule has 2 aromatic carbocycles. The van der Waals surface area contributed by atoms with Crippen LogP contribution >= 0.6 is 11.8 Å². The van der Waals surface area contributed by atoms with Crippen LogP contribution in [0.25, 0.3) is 11.4 Å². The number of carbonyl (C=O) groups is 1. The van der Waals surface area contributed by atoms with Crippen molar-refractivity contribution in [3.05, 3.63) is 59.7 Å². The second-order valence-electron chi connectivity index (χ2n) is 5.89. The van der Waals surface area contributed by atoms with Gasteiger partial charge in [0.2, 0.25) is 5.91 Å². The first-order valence-corrected chi connectivity index (χ1v) is 9.53. The Hall–Kier alpha value is -3.11. The summed E-state index contributed by atoms with van der Waals surface area (Å²) in [6.45, 7) is 4.78. The van der Waals surface area contributed by atoms with Crippen LogP contribution in [0.1, 0.15) is 18.1 Å². The number of nitriles is 1. The highest BCUT2D eigenvalue weighted by Gasteiger charge is 2.15. The molecular formula is C20H19N5OS. The average Bonchev–Trinajstić information content (AvgIpc) is 3.09. The third-order valence-electron chi connectivity index (χ3n) is 4.03. The van der Waals surface area contributed by atoms with Crippen molar-refractivity contribution in [2.75, 3.05) is 11.1 Å². The number of nitrogens with one attached hydrogen (secondary N) is 1. The third-order valence-corrected chi connectivity index (χ3v) is 4.99. The van der Waals surface area contributed by atoms with E-state index in [0.717, 1.165) is 17.0 Å². The van der Waals surface area contributed by atoms with Gasteiger partial charge in [-0.25, -0.2) is 0 Å². The molecule has 0 atom stereocenters. The van der Waals surface area contributed by atoms with Crippen LogP contribution in [0.3, 0.4) is 0 Å². The maximum atomic E-state index is 12.2. The summed E-state index contributed by atoms with van der Waals surface area (Å²) in [5.74, 6) is 0.862. The van der Waals surface area contributed by atoms with Crippen molar-refractivity contribution in [2.45, 2.75) is 25.5 Å². The Morgan fingerprint density at radius 1 is 1.22 bits per heavy atom. The minimum absolute atomic E-state index is 0.154. The van der Waals surface area contributed by atoms with Gasteiger partial charge in [0.05, 0.1) is 17.4 Å². The fraction of sp³-hybridized carbons (Fsp3) is 0.200. The molecule has 0 fully saturated rings. The monoisotopic (exact) mass is 377 g/mol. The van der Waals surface area contributed by atoms with Crippen molar-refractivity contribution in [3.8, 4) is 17.5 Å². The number of hydrogen-bond acceptors (Lipinski definition) is 5. The predicted molar refractivity (Wildman–Crippen MR) is 106 cm³/mol. The van der Waals surface area contributed by atoms with Gasteiger partial charge in [-0.05, 0) is 37.6 Å². The summed E-state index contributed by atoms with van der Waals surface area (Å²) in [5, 5.41) is 21.0. The number of rotatable bonds is 6. The normalized spacial score (nSPS) is 10.4. The number of nitrogens with zero attached hydrogens (tertiary/aromatic N) is 4. The number of thioether (sulfide) groups is 1. The van der Waals surface area contributed by atoms with Gasteiger partial charge < -0.3 is 9.88 Å². The number of carbonyl (C=O) groups excluding carboxylic acids is 1. The van der Waals surface area contributed by atoms with E-state index in [0.29, 0.717) is 23.0 Å². The zero-order valence-corrected chi connectivity index (χ0v) is 16.0. The summed E-state index contributed by atoms with van der Waals surface area (Å²) in [7, 11) is 0. The lowest BCUT2D eigenvalue weighted by Gasteiger charge is -2.09. The molecule has 0 aliphatic heterocycles. The second kappa shape index (κ2) is 8.52. The molecule has 0 bridgehead atoms. The molecule has 0 saturated heterocycles. The van der Waals surface area contributed by atoms with Crippen LogP contribution in [0.5, 0.6) is 0 Å².